The molecule has 0 bridgehead atoms. The second-order valence-corrected chi connectivity index (χ2v) is 7.21. The zero-order valence-corrected chi connectivity index (χ0v) is 15.3. The summed E-state index contributed by atoms with van der Waals surface area (Å²) in [5, 5.41) is 32.6. The molecule has 1 heterocycles. The summed E-state index contributed by atoms with van der Waals surface area (Å²) in [6.07, 6.45) is 3.79. The van der Waals surface area contributed by atoms with Gasteiger partial charge in [0.2, 0.25) is 5.88 Å². The molecule has 1 aromatic heterocycles. The SMILES string of the molecule is N#CC1(c2c(O)n(-c3ccc([O-])cc3)n(-c3ccccc3)c2=O)CCCCC1. The molecule has 6 nitrogen and oxygen atoms in total. The maximum absolute atomic E-state index is 13.5. The van der Waals surface area contributed by atoms with Crippen LogP contribution in [0.4, 0.5) is 0 Å². The summed E-state index contributed by atoms with van der Waals surface area (Å²) >= 11 is 0. The van der Waals surface area contributed by atoms with Crippen molar-refractivity contribution in [2.75, 3.05) is 0 Å². The molecule has 0 radical (unpaired) electrons. The third-order valence-corrected chi connectivity index (χ3v) is 5.51. The summed E-state index contributed by atoms with van der Waals surface area (Å²) in [6, 6.07) is 17.2. The summed E-state index contributed by atoms with van der Waals surface area (Å²) < 4.78 is 2.76. The smallest absolute Gasteiger partial charge is 0.280 e. The average molecular weight is 374 g/mol. The fraction of sp³-hybridized carbons (Fsp3) is 0.273. The van der Waals surface area contributed by atoms with Crippen molar-refractivity contribution in [1.29, 1.82) is 5.26 Å². The number of aromatic nitrogens is 2. The Bertz CT molecular complexity index is 1080. The number of rotatable bonds is 3. The molecular weight excluding hydrogens is 354 g/mol. The van der Waals surface area contributed by atoms with E-state index in [4.69, 9.17) is 0 Å². The van der Waals surface area contributed by atoms with Crippen LogP contribution in [0.25, 0.3) is 11.4 Å². The van der Waals surface area contributed by atoms with Crippen LogP contribution in [0.1, 0.15) is 37.7 Å². The molecule has 28 heavy (non-hydrogen) atoms. The van der Waals surface area contributed by atoms with Crippen LogP contribution in [-0.2, 0) is 5.41 Å². The molecule has 2 aromatic carbocycles. The molecule has 142 valence electrons. The standard InChI is InChI=1S/C22H21N3O3/c23-15-22(13-5-2-6-14-22)19-20(27)24(16-7-3-1-4-8-16)25(21(19)28)17-9-11-18(26)12-10-17/h1,3-4,7-12,26,28H,2,5-6,13-14H2/p-1. The number of hydrogen-bond donors (Lipinski definition) is 1. The molecule has 0 saturated heterocycles. The van der Waals surface area contributed by atoms with Gasteiger partial charge in [-0.3, -0.25) is 4.79 Å². The van der Waals surface area contributed by atoms with Gasteiger partial charge in [-0.1, -0.05) is 49.6 Å². The number of para-hydroxylation sites is 1. The van der Waals surface area contributed by atoms with E-state index in [0.29, 0.717) is 24.2 Å². The molecule has 3 aromatic rings. The third kappa shape index (κ3) is 2.76. The predicted molar refractivity (Wildman–Crippen MR) is 103 cm³/mol. The minimum Gasteiger partial charge on any atom is -0.872 e. The summed E-state index contributed by atoms with van der Waals surface area (Å²) in [4.78, 5) is 13.5. The van der Waals surface area contributed by atoms with Crippen LogP contribution >= 0.6 is 0 Å². The molecule has 1 fully saturated rings. The van der Waals surface area contributed by atoms with E-state index < -0.39 is 11.0 Å². The molecule has 0 amide bonds. The normalized spacial score (nSPS) is 15.8. The first-order valence-corrected chi connectivity index (χ1v) is 9.39. The highest BCUT2D eigenvalue weighted by Gasteiger charge is 2.42. The Morgan fingerprint density at radius 3 is 2.14 bits per heavy atom. The van der Waals surface area contributed by atoms with E-state index in [1.807, 2.05) is 6.07 Å². The van der Waals surface area contributed by atoms with Crippen LogP contribution in [0.2, 0.25) is 0 Å². The number of nitriles is 1. The summed E-state index contributed by atoms with van der Waals surface area (Å²) in [6.45, 7) is 0. The van der Waals surface area contributed by atoms with Gasteiger partial charge in [0.25, 0.3) is 5.56 Å². The van der Waals surface area contributed by atoms with Gasteiger partial charge >= 0.3 is 0 Å². The molecule has 0 aliphatic heterocycles. The first kappa shape index (κ1) is 17.9. The average Bonchev–Trinajstić information content (AvgIpc) is 3.00. The van der Waals surface area contributed by atoms with Gasteiger partial charge in [-0.25, -0.2) is 9.36 Å². The topological polar surface area (TPSA) is 94.0 Å². The van der Waals surface area contributed by atoms with E-state index in [2.05, 4.69) is 6.07 Å². The lowest BCUT2D eigenvalue weighted by Gasteiger charge is -2.29. The Labute approximate surface area is 162 Å². The molecular formula is C22H20N3O3-. The van der Waals surface area contributed by atoms with Crippen molar-refractivity contribution in [2.45, 2.75) is 37.5 Å². The lowest BCUT2D eigenvalue weighted by atomic mass is 9.71. The van der Waals surface area contributed by atoms with Crippen molar-refractivity contribution >= 4 is 0 Å². The molecule has 1 aliphatic rings. The Hall–Kier alpha value is -3.46. The Morgan fingerprint density at radius 1 is 0.929 bits per heavy atom. The highest BCUT2D eigenvalue weighted by atomic mass is 16.3. The van der Waals surface area contributed by atoms with Crippen molar-refractivity contribution < 1.29 is 10.2 Å². The molecule has 0 spiro atoms. The Kier molecular flexibility index (Phi) is 4.44. The molecule has 0 atom stereocenters. The highest BCUT2D eigenvalue weighted by Crippen LogP contribution is 2.42. The van der Waals surface area contributed by atoms with Crippen molar-refractivity contribution in [3.05, 3.63) is 70.5 Å². The zero-order chi connectivity index (χ0) is 19.7. The van der Waals surface area contributed by atoms with Crippen molar-refractivity contribution in [2.24, 2.45) is 0 Å². The Balaban J connectivity index is 2.04. The second kappa shape index (κ2) is 6.93. The fourth-order valence-electron chi connectivity index (χ4n) is 4.11. The van der Waals surface area contributed by atoms with Gasteiger partial charge in [-0.2, -0.15) is 5.26 Å². The van der Waals surface area contributed by atoms with E-state index in [0.717, 1.165) is 19.3 Å². The van der Waals surface area contributed by atoms with Crippen LogP contribution in [0.5, 0.6) is 11.6 Å². The molecule has 6 heteroatoms. The monoisotopic (exact) mass is 374 g/mol. The first-order valence-electron chi connectivity index (χ1n) is 9.39. The van der Waals surface area contributed by atoms with Gasteiger partial charge in [0.15, 0.2) is 0 Å². The van der Waals surface area contributed by atoms with Gasteiger partial charge in [0.05, 0.1) is 22.9 Å². The molecule has 4 rings (SSSR count). The summed E-state index contributed by atoms with van der Waals surface area (Å²) in [5.41, 5.74) is -0.208. The lowest BCUT2D eigenvalue weighted by Crippen LogP contribution is -2.33. The number of hydrogen-bond acceptors (Lipinski definition) is 4. The van der Waals surface area contributed by atoms with Gasteiger partial charge in [0, 0.05) is 0 Å². The number of benzene rings is 2. The summed E-state index contributed by atoms with van der Waals surface area (Å²) in [5.74, 6) is -0.402. The van der Waals surface area contributed by atoms with Crippen LogP contribution < -0.4 is 10.7 Å². The zero-order valence-electron chi connectivity index (χ0n) is 15.3. The summed E-state index contributed by atoms with van der Waals surface area (Å²) in [7, 11) is 0. The Morgan fingerprint density at radius 2 is 1.54 bits per heavy atom. The van der Waals surface area contributed by atoms with Gasteiger partial charge in [-0.15, -0.1) is 5.75 Å². The van der Waals surface area contributed by atoms with E-state index in [9.17, 15) is 20.3 Å². The van der Waals surface area contributed by atoms with Crippen LogP contribution in [0.15, 0.2) is 59.4 Å². The van der Waals surface area contributed by atoms with Crippen LogP contribution in [0, 0.1) is 11.3 Å². The van der Waals surface area contributed by atoms with Gasteiger partial charge in [0.1, 0.15) is 5.56 Å². The van der Waals surface area contributed by atoms with Crippen molar-refractivity contribution in [3.63, 3.8) is 0 Å². The van der Waals surface area contributed by atoms with Crippen LogP contribution in [-0.4, -0.2) is 14.5 Å². The minimum atomic E-state index is -1.00. The van der Waals surface area contributed by atoms with Gasteiger partial charge in [-0.05, 0) is 37.1 Å². The van der Waals surface area contributed by atoms with E-state index >= 15 is 0 Å². The quantitative estimate of drug-likeness (QED) is 0.762. The highest BCUT2D eigenvalue weighted by molar-refractivity contribution is 5.48. The maximum atomic E-state index is 13.5. The fourth-order valence-corrected chi connectivity index (χ4v) is 4.11. The van der Waals surface area contributed by atoms with E-state index in [1.54, 1.807) is 36.4 Å². The second-order valence-electron chi connectivity index (χ2n) is 7.21. The first-order chi connectivity index (χ1) is 13.6. The molecule has 1 saturated carbocycles. The van der Waals surface area contributed by atoms with Gasteiger partial charge < -0.3 is 10.2 Å². The van der Waals surface area contributed by atoms with Crippen LogP contribution in [0.3, 0.4) is 0 Å². The maximum Gasteiger partial charge on any atom is 0.280 e. The minimum absolute atomic E-state index is 0.143. The number of nitrogens with zero attached hydrogens (tertiary/aromatic N) is 3. The van der Waals surface area contributed by atoms with Crippen molar-refractivity contribution in [3.8, 4) is 29.1 Å². The van der Waals surface area contributed by atoms with E-state index in [-0.39, 0.29) is 17.2 Å². The van der Waals surface area contributed by atoms with E-state index in [1.165, 1.54) is 21.5 Å². The molecule has 1 aliphatic carbocycles. The third-order valence-electron chi connectivity index (χ3n) is 5.51. The number of aromatic hydroxyl groups is 1. The largest absolute Gasteiger partial charge is 0.872 e. The molecule has 1 N–H and O–H groups in total. The lowest BCUT2D eigenvalue weighted by molar-refractivity contribution is -0.268. The predicted octanol–water partition coefficient (Wildman–Crippen LogP) is 3.13. The molecule has 0 unspecified atom stereocenters. The van der Waals surface area contributed by atoms with Crippen molar-refractivity contribution in [1.82, 2.24) is 9.36 Å².